The number of carbonyl (C=O) groups is 1. The molecule has 1 aromatic carbocycles. The van der Waals surface area contributed by atoms with E-state index in [9.17, 15) is 4.79 Å². The van der Waals surface area contributed by atoms with Gasteiger partial charge < -0.3 is 20.9 Å². The van der Waals surface area contributed by atoms with Crippen LogP contribution in [0.4, 0.5) is 0 Å². The first-order valence-electron chi connectivity index (χ1n) is 9.60. The van der Waals surface area contributed by atoms with Crippen molar-refractivity contribution in [3.8, 4) is 0 Å². The Balaban J connectivity index is 0.00000364. The van der Waals surface area contributed by atoms with Gasteiger partial charge >= 0.3 is 0 Å². The van der Waals surface area contributed by atoms with Crippen LogP contribution in [0, 0.1) is 5.92 Å². The highest BCUT2D eigenvalue weighted by molar-refractivity contribution is 14.0. The first-order valence-corrected chi connectivity index (χ1v) is 9.60. The highest BCUT2D eigenvalue weighted by atomic mass is 127. The standard InChI is InChI=1S/C20H33N5O.HI/c1-4-21-20(23-13-12-22-19(26)17-10-11-17)24-15-18(25(2)3)14-16-8-6-5-7-9-16;/h5-9,17-18H,4,10-15H2,1-3H3,(H,22,26)(H2,21,23,24);1H. The van der Waals surface area contributed by atoms with Gasteiger partial charge in [-0.05, 0) is 45.8 Å². The average molecular weight is 487 g/mol. The van der Waals surface area contributed by atoms with Gasteiger partial charge in [-0.25, -0.2) is 0 Å². The van der Waals surface area contributed by atoms with Gasteiger partial charge in [-0.1, -0.05) is 30.3 Å². The molecule has 3 N–H and O–H groups in total. The average Bonchev–Trinajstić information content (AvgIpc) is 3.47. The van der Waals surface area contributed by atoms with Gasteiger partial charge in [0.2, 0.25) is 5.91 Å². The highest BCUT2D eigenvalue weighted by Crippen LogP contribution is 2.28. The summed E-state index contributed by atoms with van der Waals surface area (Å²) in [5.74, 6) is 1.24. The molecule has 7 heteroatoms. The molecular formula is C20H34IN5O. The second-order valence-electron chi connectivity index (χ2n) is 7.02. The zero-order valence-electron chi connectivity index (χ0n) is 16.7. The number of nitrogens with zero attached hydrogens (tertiary/aromatic N) is 2. The predicted molar refractivity (Wildman–Crippen MR) is 123 cm³/mol. The van der Waals surface area contributed by atoms with E-state index in [0.29, 0.717) is 25.7 Å². The van der Waals surface area contributed by atoms with Gasteiger partial charge in [-0.3, -0.25) is 9.79 Å². The normalized spacial score (nSPS) is 15.0. The van der Waals surface area contributed by atoms with E-state index in [1.165, 1.54) is 5.56 Å². The second kappa shape index (κ2) is 12.9. The molecule has 1 amide bonds. The smallest absolute Gasteiger partial charge is 0.223 e. The topological polar surface area (TPSA) is 68.8 Å². The minimum atomic E-state index is 0. The molecule has 0 bridgehead atoms. The van der Waals surface area contributed by atoms with Crippen molar-refractivity contribution in [2.24, 2.45) is 10.9 Å². The predicted octanol–water partition coefficient (Wildman–Crippen LogP) is 1.86. The van der Waals surface area contributed by atoms with Crippen molar-refractivity contribution in [3.63, 3.8) is 0 Å². The van der Waals surface area contributed by atoms with E-state index in [1.54, 1.807) is 0 Å². The number of hydrogen-bond donors (Lipinski definition) is 3. The molecule has 0 spiro atoms. The van der Waals surface area contributed by atoms with E-state index in [4.69, 9.17) is 4.99 Å². The Morgan fingerprint density at radius 3 is 2.41 bits per heavy atom. The molecule has 0 aliphatic heterocycles. The number of rotatable bonds is 10. The first-order chi connectivity index (χ1) is 12.6. The van der Waals surface area contributed by atoms with E-state index < -0.39 is 0 Å². The lowest BCUT2D eigenvalue weighted by molar-refractivity contribution is -0.122. The third-order valence-electron chi connectivity index (χ3n) is 4.51. The monoisotopic (exact) mass is 487 g/mol. The van der Waals surface area contributed by atoms with Crippen LogP contribution in [-0.2, 0) is 11.2 Å². The Bertz CT molecular complexity index is 575. The molecule has 2 rings (SSSR count). The number of aliphatic imine (C=N–C) groups is 1. The van der Waals surface area contributed by atoms with Gasteiger partial charge in [-0.15, -0.1) is 24.0 Å². The number of amides is 1. The Hall–Kier alpha value is -1.35. The Morgan fingerprint density at radius 2 is 1.81 bits per heavy atom. The van der Waals surface area contributed by atoms with Crippen molar-refractivity contribution in [3.05, 3.63) is 35.9 Å². The Kier molecular flexibility index (Phi) is 11.3. The van der Waals surface area contributed by atoms with Crippen LogP contribution in [0.3, 0.4) is 0 Å². The summed E-state index contributed by atoms with van der Waals surface area (Å²) < 4.78 is 0. The van der Waals surface area contributed by atoms with Gasteiger partial charge in [-0.2, -0.15) is 0 Å². The maximum Gasteiger partial charge on any atom is 0.223 e. The molecule has 1 saturated carbocycles. The summed E-state index contributed by atoms with van der Waals surface area (Å²) >= 11 is 0. The number of carbonyl (C=O) groups excluding carboxylic acids is 1. The SMILES string of the molecule is CCNC(=NCC(Cc1ccccc1)N(C)C)NCCNC(=O)C1CC1.I. The lowest BCUT2D eigenvalue weighted by Crippen LogP contribution is -2.43. The fourth-order valence-corrected chi connectivity index (χ4v) is 2.69. The number of benzene rings is 1. The summed E-state index contributed by atoms with van der Waals surface area (Å²) in [6.45, 7) is 4.88. The minimum Gasteiger partial charge on any atom is -0.357 e. The van der Waals surface area contributed by atoms with Crippen LogP contribution < -0.4 is 16.0 Å². The van der Waals surface area contributed by atoms with Gasteiger partial charge in [0, 0.05) is 31.6 Å². The summed E-state index contributed by atoms with van der Waals surface area (Å²) in [5.41, 5.74) is 1.32. The number of guanidine groups is 1. The van der Waals surface area contributed by atoms with Crippen molar-refractivity contribution in [2.75, 3.05) is 40.3 Å². The molecule has 1 aliphatic carbocycles. The molecule has 0 aromatic heterocycles. The summed E-state index contributed by atoms with van der Waals surface area (Å²) in [6, 6.07) is 10.8. The maximum atomic E-state index is 11.6. The summed E-state index contributed by atoms with van der Waals surface area (Å²) in [7, 11) is 4.19. The molecule has 0 heterocycles. The molecule has 152 valence electrons. The zero-order valence-corrected chi connectivity index (χ0v) is 19.0. The van der Waals surface area contributed by atoms with E-state index in [2.05, 4.69) is 66.1 Å². The molecule has 27 heavy (non-hydrogen) atoms. The summed E-state index contributed by atoms with van der Waals surface area (Å²) in [5, 5.41) is 9.54. The molecule has 0 saturated heterocycles. The molecule has 1 fully saturated rings. The van der Waals surface area contributed by atoms with Crippen LogP contribution >= 0.6 is 24.0 Å². The molecular weight excluding hydrogens is 453 g/mol. The van der Waals surface area contributed by atoms with Crippen LogP contribution in [0.15, 0.2) is 35.3 Å². The van der Waals surface area contributed by atoms with E-state index in [-0.39, 0.29) is 35.8 Å². The molecule has 1 atom stereocenters. The van der Waals surface area contributed by atoms with Gasteiger partial charge in [0.25, 0.3) is 0 Å². The van der Waals surface area contributed by atoms with E-state index in [1.807, 2.05) is 6.07 Å². The first kappa shape index (κ1) is 23.7. The maximum absolute atomic E-state index is 11.6. The van der Waals surface area contributed by atoms with Gasteiger partial charge in [0.15, 0.2) is 5.96 Å². The Morgan fingerprint density at radius 1 is 1.15 bits per heavy atom. The number of nitrogens with one attached hydrogen (secondary N) is 3. The molecule has 6 nitrogen and oxygen atoms in total. The zero-order chi connectivity index (χ0) is 18.8. The lowest BCUT2D eigenvalue weighted by Gasteiger charge is -2.23. The summed E-state index contributed by atoms with van der Waals surface area (Å²) in [4.78, 5) is 18.6. The van der Waals surface area contributed by atoms with Gasteiger partial charge in [0.1, 0.15) is 0 Å². The van der Waals surface area contributed by atoms with Crippen molar-refractivity contribution < 1.29 is 4.79 Å². The van der Waals surface area contributed by atoms with Gasteiger partial charge in [0.05, 0.1) is 6.54 Å². The Labute approximate surface area is 180 Å². The molecule has 1 unspecified atom stereocenters. The van der Waals surface area contributed by atoms with Crippen LogP contribution in [0.25, 0.3) is 0 Å². The van der Waals surface area contributed by atoms with Crippen LogP contribution in [0.1, 0.15) is 25.3 Å². The largest absolute Gasteiger partial charge is 0.357 e. The molecule has 0 radical (unpaired) electrons. The minimum absolute atomic E-state index is 0. The van der Waals surface area contributed by atoms with Crippen LogP contribution in [-0.4, -0.2) is 63.1 Å². The van der Waals surface area contributed by atoms with Crippen molar-refractivity contribution in [1.82, 2.24) is 20.9 Å². The van der Waals surface area contributed by atoms with Crippen molar-refractivity contribution >= 4 is 35.8 Å². The molecule has 1 aliphatic rings. The van der Waals surface area contributed by atoms with E-state index >= 15 is 0 Å². The third-order valence-corrected chi connectivity index (χ3v) is 4.51. The molecule has 1 aromatic rings. The third kappa shape index (κ3) is 9.41. The number of halogens is 1. The van der Waals surface area contributed by atoms with Crippen molar-refractivity contribution in [1.29, 1.82) is 0 Å². The number of likely N-dealkylation sites (N-methyl/N-ethyl adjacent to an activating group) is 1. The quantitative estimate of drug-likeness (QED) is 0.204. The fraction of sp³-hybridized carbons (Fsp3) is 0.600. The van der Waals surface area contributed by atoms with E-state index in [0.717, 1.165) is 31.8 Å². The lowest BCUT2D eigenvalue weighted by atomic mass is 10.1. The number of hydrogen-bond acceptors (Lipinski definition) is 3. The van der Waals surface area contributed by atoms with Crippen LogP contribution in [0.2, 0.25) is 0 Å². The summed E-state index contributed by atoms with van der Waals surface area (Å²) in [6.07, 6.45) is 3.04. The highest BCUT2D eigenvalue weighted by Gasteiger charge is 2.28. The van der Waals surface area contributed by atoms with Crippen LogP contribution in [0.5, 0.6) is 0 Å². The second-order valence-corrected chi connectivity index (χ2v) is 7.02. The van der Waals surface area contributed by atoms with Crippen molar-refractivity contribution in [2.45, 2.75) is 32.2 Å². The fourth-order valence-electron chi connectivity index (χ4n) is 2.69.